The number of carboxylic acid groups (broad SMARTS) is 2. The fourth-order valence-corrected chi connectivity index (χ4v) is 2.72. The van der Waals surface area contributed by atoms with Gasteiger partial charge in [-0.25, -0.2) is 9.59 Å². The molecule has 1 aliphatic carbocycles. The maximum atomic E-state index is 11.7. The zero-order chi connectivity index (χ0) is 14.4. The van der Waals surface area contributed by atoms with Crippen molar-refractivity contribution < 1.29 is 24.6 Å². The van der Waals surface area contributed by atoms with Crippen LogP contribution in [0.1, 0.15) is 22.5 Å². The van der Waals surface area contributed by atoms with Gasteiger partial charge in [0.2, 0.25) is 5.91 Å². The summed E-state index contributed by atoms with van der Waals surface area (Å²) in [6.07, 6.45) is 0.274. The second kappa shape index (κ2) is 4.30. The van der Waals surface area contributed by atoms with Gasteiger partial charge in [-0.15, -0.1) is 16.4 Å². The van der Waals surface area contributed by atoms with Crippen LogP contribution in [0.15, 0.2) is 6.07 Å². The van der Waals surface area contributed by atoms with Crippen LogP contribution in [-0.4, -0.2) is 38.0 Å². The number of fused-ring (bicyclic) bond motifs is 1. The molecule has 0 radical (unpaired) electrons. The van der Waals surface area contributed by atoms with Crippen LogP contribution in [0.25, 0.3) is 10.2 Å². The standard InChI is InChI=1S/C11H9N3O5S/c15-9(4-1-2-4)12-8-7-5(14(13-8)11(18)19)3-6(20-7)10(16)17/h3-4H,1-2H2,(H,16,17)(H,18,19)(H,12,13,15). The Hall–Kier alpha value is -2.42. The summed E-state index contributed by atoms with van der Waals surface area (Å²) in [5, 5.41) is 24.4. The van der Waals surface area contributed by atoms with E-state index in [1.54, 1.807) is 0 Å². The number of carboxylic acids is 1. The lowest BCUT2D eigenvalue weighted by Crippen LogP contribution is -2.15. The van der Waals surface area contributed by atoms with E-state index in [9.17, 15) is 14.4 Å². The lowest BCUT2D eigenvalue weighted by molar-refractivity contribution is -0.117. The maximum absolute atomic E-state index is 11.7. The summed E-state index contributed by atoms with van der Waals surface area (Å²) in [5.41, 5.74) is 0.158. The molecule has 1 amide bonds. The Morgan fingerprint density at radius 3 is 2.60 bits per heavy atom. The van der Waals surface area contributed by atoms with Crippen molar-refractivity contribution in [1.82, 2.24) is 9.78 Å². The molecule has 20 heavy (non-hydrogen) atoms. The van der Waals surface area contributed by atoms with Gasteiger partial charge in [-0.3, -0.25) is 4.79 Å². The van der Waals surface area contributed by atoms with E-state index in [-0.39, 0.29) is 28.0 Å². The summed E-state index contributed by atoms with van der Waals surface area (Å²) in [4.78, 5) is 33.7. The minimum atomic E-state index is -1.34. The largest absolute Gasteiger partial charge is 0.477 e. The van der Waals surface area contributed by atoms with E-state index in [4.69, 9.17) is 10.2 Å². The zero-order valence-electron chi connectivity index (χ0n) is 9.99. The van der Waals surface area contributed by atoms with Gasteiger partial charge < -0.3 is 15.5 Å². The van der Waals surface area contributed by atoms with E-state index in [0.29, 0.717) is 9.38 Å². The molecule has 0 saturated heterocycles. The molecular weight excluding hydrogens is 286 g/mol. The number of carbonyl (C=O) groups is 3. The topological polar surface area (TPSA) is 122 Å². The van der Waals surface area contributed by atoms with Crippen molar-refractivity contribution in [3.63, 3.8) is 0 Å². The molecule has 0 atom stereocenters. The third-order valence-electron chi connectivity index (χ3n) is 2.94. The molecule has 1 saturated carbocycles. The number of aromatic carboxylic acids is 1. The highest BCUT2D eigenvalue weighted by Gasteiger charge is 2.31. The fourth-order valence-electron chi connectivity index (χ4n) is 1.80. The van der Waals surface area contributed by atoms with Gasteiger partial charge in [0.15, 0.2) is 5.82 Å². The molecule has 0 aromatic carbocycles. The summed E-state index contributed by atoms with van der Waals surface area (Å²) in [5.74, 6) is -1.33. The van der Waals surface area contributed by atoms with E-state index < -0.39 is 12.1 Å². The summed E-state index contributed by atoms with van der Waals surface area (Å²) in [6, 6.07) is 1.23. The smallest absolute Gasteiger partial charge is 0.432 e. The fraction of sp³-hybridized carbons (Fsp3) is 0.273. The zero-order valence-corrected chi connectivity index (χ0v) is 10.8. The first-order valence-corrected chi connectivity index (χ1v) is 6.59. The number of amides is 1. The molecule has 0 bridgehead atoms. The van der Waals surface area contributed by atoms with Crippen molar-refractivity contribution in [2.24, 2.45) is 5.92 Å². The van der Waals surface area contributed by atoms with Crippen LogP contribution in [0.3, 0.4) is 0 Å². The quantitative estimate of drug-likeness (QED) is 0.791. The Kier molecular flexibility index (Phi) is 2.71. The van der Waals surface area contributed by atoms with Gasteiger partial charge in [0.25, 0.3) is 0 Å². The second-order valence-electron chi connectivity index (χ2n) is 4.44. The highest BCUT2D eigenvalue weighted by atomic mass is 32.1. The minimum absolute atomic E-state index is 0.00526. The average Bonchev–Trinajstić information content (AvgIpc) is 3.04. The van der Waals surface area contributed by atoms with Gasteiger partial charge in [-0.05, 0) is 18.9 Å². The van der Waals surface area contributed by atoms with E-state index in [1.165, 1.54) is 6.07 Å². The highest BCUT2D eigenvalue weighted by molar-refractivity contribution is 7.21. The van der Waals surface area contributed by atoms with Crippen molar-refractivity contribution in [2.75, 3.05) is 5.32 Å². The van der Waals surface area contributed by atoms with Gasteiger partial charge >= 0.3 is 12.1 Å². The number of nitrogens with zero attached hydrogens (tertiary/aromatic N) is 2. The van der Waals surface area contributed by atoms with E-state index in [1.807, 2.05) is 0 Å². The van der Waals surface area contributed by atoms with Gasteiger partial charge in [0.1, 0.15) is 4.88 Å². The number of thiophene rings is 1. The number of hydrogen-bond acceptors (Lipinski definition) is 5. The molecular formula is C11H9N3O5S. The lowest BCUT2D eigenvalue weighted by Gasteiger charge is -1.99. The van der Waals surface area contributed by atoms with Crippen molar-refractivity contribution >= 4 is 45.3 Å². The molecule has 104 valence electrons. The summed E-state index contributed by atoms with van der Waals surface area (Å²) in [6.45, 7) is 0. The molecule has 3 N–H and O–H groups in total. The van der Waals surface area contributed by atoms with E-state index in [0.717, 1.165) is 24.2 Å². The molecule has 3 rings (SSSR count). The van der Waals surface area contributed by atoms with Crippen LogP contribution >= 0.6 is 11.3 Å². The van der Waals surface area contributed by atoms with Crippen molar-refractivity contribution in [3.8, 4) is 0 Å². The molecule has 2 heterocycles. The highest BCUT2D eigenvalue weighted by Crippen LogP contribution is 2.34. The molecule has 2 aromatic heterocycles. The number of anilines is 1. The summed E-state index contributed by atoms with van der Waals surface area (Å²) in [7, 11) is 0. The van der Waals surface area contributed by atoms with Crippen LogP contribution in [0.4, 0.5) is 10.6 Å². The van der Waals surface area contributed by atoms with Crippen molar-refractivity contribution in [1.29, 1.82) is 0 Å². The lowest BCUT2D eigenvalue weighted by atomic mass is 10.4. The average molecular weight is 295 g/mol. The monoisotopic (exact) mass is 295 g/mol. The summed E-state index contributed by atoms with van der Waals surface area (Å²) < 4.78 is 1.01. The van der Waals surface area contributed by atoms with Crippen molar-refractivity contribution in [3.05, 3.63) is 10.9 Å². The molecule has 0 spiro atoms. The number of hydrogen-bond donors (Lipinski definition) is 3. The van der Waals surface area contributed by atoms with Gasteiger partial charge in [-0.1, -0.05) is 0 Å². The van der Waals surface area contributed by atoms with E-state index in [2.05, 4.69) is 10.4 Å². The van der Waals surface area contributed by atoms with Crippen LogP contribution < -0.4 is 5.32 Å². The van der Waals surface area contributed by atoms with Gasteiger partial charge in [0, 0.05) is 5.92 Å². The van der Waals surface area contributed by atoms with Crippen molar-refractivity contribution in [2.45, 2.75) is 12.8 Å². The van der Waals surface area contributed by atoms with Crippen LogP contribution in [0, 0.1) is 5.92 Å². The third-order valence-corrected chi connectivity index (χ3v) is 4.06. The summed E-state index contributed by atoms with van der Waals surface area (Å²) >= 11 is 0.883. The molecule has 0 unspecified atom stereocenters. The van der Waals surface area contributed by atoms with Crippen LogP contribution in [0.5, 0.6) is 0 Å². The predicted octanol–water partition coefficient (Wildman–Crippen LogP) is 1.67. The third kappa shape index (κ3) is 2.01. The first kappa shape index (κ1) is 12.6. The Bertz CT molecular complexity index is 743. The molecule has 2 aromatic rings. The van der Waals surface area contributed by atoms with Gasteiger partial charge in [-0.2, -0.15) is 4.68 Å². The molecule has 9 heteroatoms. The van der Waals surface area contributed by atoms with E-state index >= 15 is 0 Å². The Morgan fingerprint density at radius 1 is 1.35 bits per heavy atom. The SMILES string of the molecule is O=C(O)c1cc2c(s1)c(NC(=O)C1CC1)nn2C(=O)O. The first-order valence-electron chi connectivity index (χ1n) is 5.77. The molecule has 0 aliphatic heterocycles. The van der Waals surface area contributed by atoms with Crippen LogP contribution in [-0.2, 0) is 4.79 Å². The normalized spacial score (nSPS) is 14.4. The second-order valence-corrected chi connectivity index (χ2v) is 5.49. The molecule has 1 fully saturated rings. The van der Waals surface area contributed by atoms with Crippen LogP contribution in [0.2, 0.25) is 0 Å². The number of carbonyl (C=O) groups excluding carboxylic acids is 1. The molecule has 1 aliphatic rings. The predicted molar refractivity (Wildman–Crippen MR) is 69.3 cm³/mol. The Labute approximate surface area is 115 Å². The number of rotatable bonds is 3. The maximum Gasteiger partial charge on any atom is 0.432 e. The molecule has 8 nitrogen and oxygen atoms in total. The number of nitrogens with one attached hydrogen (secondary N) is 1. The minimum Gasteiger partial charge on any atom is -0.477 e. The number of aromatic nitrogens is 2. The Morgan fingerprint density at radius 2 is 2.05 bits per heavy atom. The Balaban J connectivity index is 2.07. The van der Waals surface area contributed by atoms with Gasteiger partial charge in [0.05, 0.1) is 10.2 Å². The first-order chi connectivity index (χ1) is 9.47.